The van der Waals surface area contributed by atoms with Gasteiger partial charge in [0.25, 0.3) is 0 Å². The lowest BCUT2D eigenvalue weighted by atomic mass is 9.36. The Kier molecular flexibility index (Phi) is 3.64. The molecule has 7 atom stereocenters. The van der Waals surface area contributed by atoms with Gasteiger partial charge in [-0.15, -0.1) is 0 Å². The summed E-state index contributed by atoms with van der Waals surface area (Å²) in [6.07, 6.45) is 8.77. The summed E-state index contributed by atoms with van der Waals surface area (Å²) in [5.74, 6) is 2.76. The normalized spacial score (nSPS) is 48.9. The third kappa shape index (κ3) is 2.16. The molecular weight excluding hydrogens is 376 g/mol. The number of hydrogen-bond acceptors (Lipinski definition) is 4. The molecule has 5 aliphatic rings. The number of carbonyl (C=O) groups excluding carboxylic acids is 1. The van der Waals surface area contributed by atoms with Gasteiger partial charge in [-0.1, -0.05) is 13.3 Å². The van der Waals surface area contributed by atoms with Crippen LogP contribution in [0.15, 0.2) is 18.2 Å². The van der Waals surface area contributed by atoms with Gasteiger partial charge >= 0.3 is 5.97 Å². The van der Waals surface area contributed by atoms with Crippen LogP contribution < -0.4 is 4.74 Å². The molecule has 1 N–H and O–H groups in total. The first-order valence-corrected chi connectivity index (χ1v) is 11.9. The lowest BCUT2D eigenvalue weighted by Gasteiger charge is -2.70. The van der Waals surface area contributed by atoms with Crippen molar-refractivity contribution in [1.29, 1.82) is 0 Å². The summed E-state index contributed by atoms with van der Waals surface area (Å²) in [5.41, 5.74) is 0.980. The van der Waals surface area contributed by atoms with E-state index in [1.807, 2.05) is 12.1 Å². The van der Waals surface area contributed by atoms with Crippen LogP contribution in [0.3, 0.4) is 0 Å². The van der Waals surface area contributed by atoms with E-state index in [-0.39, 0.29) is 27.8 Å². The fraction of sp³-hybridized carbons (Fsp3) is 0.731. The maximum Gasteiger partial charge on any atom is 0.312 e. The van der Waals surface area contributed by atoms with Gasteiger partial charge in [-0.05, 0) is 99.8 Å². The van der Waals surface area contributed by atoms with Crippen molar-refractivity contribution in [1.82, 2.24) is 0 Å². The summed E-state index contributed by atoms with van der Waals surface area (Å²) in [7, 11) is 0. The lowest BCUT2D eigenvalue weighted by Crippen LogP contribution is -2.69. The third-order valence-electron chi connectivity index (χ3n) is 10.5. The van der Waals surface area contributed by atoms with E-state index in [0.29, 0.717) is 30.1 Å². The molecule has 0 radical (unpaired) electrons. The van der Waals surface area contributed by atoms with Crippen molar-refractivity contribution < 1.29 is 19.4 Å². The monoisotopic (exact) mass is 410 g/mol. The number of cyclic esters (lactones) is 1. The number of fused-ring (bicyclic) bond motifs is 4. The second-order valence-corrected chi connectivity index (χ2v) is 11.7. The molecule has 4 heteroatoms. The summed E-state index contributed by atoms with van der Waals surface area (Å²) < 4.78 is 12.6. The summed E-state index contributed by atoms with van der Waals surface area (Å²) in [6, 6.07) is 5.56. The van der Waals surface area contributed by atoms with E-state index in [9.17, 15) is 9.90 Å². The molecule has 2 bridgehead atoms. The van der Waals surface area contributed by atoms with Crippen LogP contribution in [0.2, 0.25) is 0 Å². The van der Waals surface area contributed by atoms with Crippen LogP contribution in [0.5, 0.6) is 11.5 Å². The highest BCUT2D eigenvalue weighted by atomic mass is 16.5. The molecule has 30 heavy (non-hydrogen) atoms. The third-order valence-corrected chi connectivity index (χ3v) is 10.5. The average molecular weight is 411 g/mol. The Bertz CT molecular complexity index is 926. The number of carbonyl (C=O) groups is 1. The van der Waals surface area contributed by atoms with Crippen LogP contribution in [0, 0.1) is 34.0 Å². The Balaban J connectivity index is 1.43. The smallest absolute Gasteiger partial charge is 0.312 e. The van der Waals surface area contributed by atoms with E-state index in [0.717, 1.165) is 56.3 Å². The number of aromatic hydroxyl groups is 1. The standard InChI is InChI=1S/C26H34O4/c1-23-11-7-20-24(2)9-4-10-26(20,15-29-22(24)28)19(23)8-12-25(3)21(23)14-16-13-17(27)5-6-18(16)30-25/h5-6,13,19-21,27H,4,7-12,14-15H2,1-3H3/t19?,20?,21?,23-,24-,25+,26-/m1/s1. The quantitative estimate of drug-likeness (QED) is 0.593. The summed E-state index contributed by atoms with van der Waals surface area (Å²) in [6.45, 7) is 7.62. The number of phenolic OH excluding ortho intramolecular Hbond substituents is 1. The molecule has 0 spiro atoms. The lowest BCUT2D eigenvalue weighted by molar-refractivity contribution is -0.255. The zero-order valence-electron chi connectivity index (χ0n) is 18.5. The van der Waals surface area contributed by atoms with Crippen molar-refractivity contribution in [3.63, 3.8) is 0 Å². The van der Waals surface area contributed by atoms with Gasteiger partial charge < -0.3 is 14.6 Å². The number of esters is 1. The molecule has 0 amide bonds. The van der Waals surface area contributed by atoms with E-state index < -0.39 is 0 Å². The fourth-order valence-corrected chi connectivity index (χ4v) is 9.16. The van der Waals surface area contributed by atoms with E-state index >= 15 is 0 Å². The second kappa shape index (κ2) is 5.75. The number of hydrogen-bond donors (Lipinski definition) is 1. The summed E-state index contributed by atoms with van der Waals surface area (Å²) in [5, 5.41) is 10.1. The van der Waals surface area contributed by atoms with Crippen LogP contribution in [-0.4, -0.2) is 23.3 Å². The summed E-state index contributed by atoms with van der Waals surface area (Å²) in [4.78, 5) is 12.8. The largest absolute Gasteiger partial charge is 0.508 e. The van der Waals surface area contributed by atoms with Crippen LogP contribution in [0.25, 0.3) is 0 Å². The topological polar surface area (TPSA) is 55.8 Å². The Morgan fingerprint density at radius 2 is 1.80 bits per heavy atom. The van der Waals surface area contributed by atoms with Gasteiger partial charge in [0.15, 0.2) is 0 Å². The average Bonchev–Trinajstić information content (AvgIpc) is 2.70. The van der Waals surface area contributed by atoms with E-state index in [1.165, 1.54) is 6.42 Å². The Morgan fingerprint density at radius 3 is 2.63 bits per heavy atom. The zero-order chi connectivity index (χ0) is 20.9. The molecule has 3 unspecified atom stereocenters. The molecule has 1 saturated heterocycles. The van der Waals surface area contributed by atoms with Gasteiger partial charge in [-0.3, -0.25) is 4.79 Å². The number of benzene rings is 1. The van der Waals surface area contributed by atoms with Gasteiger partial charge in [0.05, 0.1) is 12.0 Å². The molecule has 0 aromatic heterocycles. The highest BCUT2D eigenvalue weighted by Gasteiger charge is 2.70. The highest BCUT2D eigenvalue weighted by Crippen LogP contribution is 2.72. The van der Waals surface area contributed by atoms with Crippen molar-refractivity contribution in [2.45, 2.75) is 77.7 Å². The van der Waals surface area contributed by atoms with Crippen molar-refractivity contribution >= 4 is 5.97 Å². The first-order valence-electron chi connectivity index (χ1n) is 11.9. The van der Waals surface area contributed by atoms with Crippen molar-refractivity contribution in [2.75, 3.05) is 6.61 Å². The zero-order valence-corrected chi connectivity index (χ0v) is 18.5. The fourth-order valence-electron chi connectivity index (χ4n) is 9.16. The molecule has 3 saturated carbocycles. The number of ether oxygens (including phenoxy) is 2. The van der Waals surface area contributed by atoms with Crippen LogP contribution in [-0.2, 0) is 16.0 Å². The van der Waals surface area contributed by atoms with Gasteiger partial charge in [0.1, 0.15) is 17.1 Å². The first-order chi connectivity index (χ1) is 14.2. The van der Waals surface area contributed by atoms with Crippen LogP contribution in [0.4, 0.5) is 0 Å². The number of rotatable bonds is 0. The van der Waals surface area contributed by atoms with Gasteiger partial charge in [-0.2, -0.15) is 0 Å². The molecule has 3 aliphatic carbocycles. The van der Waals surface area contributed by atoms with Crippen molar-refractivity contribution in [3.8, 4) is 11.5 Å². The predicted molar refractivity (Wildman–Crippen MR) is 113 cm³/mol. The predicted octanol–water partition coefficient (Wildman–Crippen LogP) is 5.26. The minimum atomic E-state index is -0.292. The molecule has 2 aliphatic heterocycles. The van der Waals surface area contributed by atoms with Crippen molar-refractivity contribution in [3.05, 3.63) is 23.8 Å². The van der Waals surface area contributed by atoms with Gasteiger partial charge in [0, 0.05) is 11.3 Å². The molecule has 2 heterocycles. The van der Waals surface area contributed by atoms with Crippen LogP contribution >= 0.6 is 0 Å². The Morgan fingerprint density at radius 1 is 1.00 bits per heavy atom. The number of phenols is 1. The maximum absolute atomic E-state index is 12.8. The minimum absolute atomic E-state index is 0.0532. The molecular formula is C26H34O4. The molecule has 6 rings (SSSR count). The molecule has 4 fully saturated rings. The Labute approximate surface area is 179 Å². The molecule has 4 nitrogen and oxygen atoms in total. The maximum atomic E-state index is 12.8. The summed E-state index contributed by atoms with van der Waals surface area (Å²) >= 11 is 0. The SMILES string of the molecule is C[C@@]12CCC3[C@@]4(CCC[C@@]3(C)C(=O)OC4)C1CC[C@]1(C)Oc3ccc(O)cc3CC21. The van der Waals surface area contributed by atoms with Gasteiger partial charge in [0.2, 0.25) is 0 Å². The molecule has 1 aromatic rings. The first kappa shape index (κ1) is 19.0. The minimum Gasteiger partial charge on any atom is -0.508 e. The molecule has 162 valence electrons. The highest BCUT2D eigenvalue weighted by molar-refractivity contribution is 5.78. The van der Waals surface area contributed by atoms with E-state index in [4.69, 9.17) is 9.47 Å². The van der Waals surface area contributed by atoms with Crippen molar-refractivity contribution in [2.24, 2.45) is 34.0 Å². The van der Waals surface area contributed by atoms with E-state index in [1.54, 1.807) is 6.07 Å². The van der Waals surface area contributed by atoms with E-state index in [2.05, 4.69) is 20.8 Å². The van der Waals surface area contributed by atoms with Gasteiger partial charge in [-0.25, -0.2) is 0 Å². The molecule has 1 aromatic carbocycles. The Hall–Kier alpha value is -1.71. The second-order valence-electron chi connectivity index (χ2n) is 11.7. The van der Waals surface area contributed by atoms with Crippen LogP contribution in [0.1, 0.15) is 71.3 Å².